The Labute approximate surface area is 148 Å². The Balaban J connectivity index is 1.96. The van der Waals surface area contributed by atoms with E-state index < -0.39 is 12.2 Å². The fourth-order valence-electron chi connectivity index (χ4n) is 2.38. The van der Waals surface area contributed by atoms with E-state index in [2.05, 4.69) is 30.9 Å². The second-order valence-corrected chi connectivity index (χ2v) is 5.82. The first-order valence-electron chi connectivity index (χ1n) is 8.21. The van der Waals surface area contributed by atoms with E-state index in [4.69, 9.17) is 5.73 Å². The van der Waals surface area contributed by atoms with E-state index in [9.17, 15) is 13.6 Å². The van der Waals surface area contributed by atoms with Gasteiger partial charge < -0.3 is 21.7 Å². The molecule has 2 heterocycles. The zero-order chi connectivity index (χ0) is 18.7. The molecular weight excluding hydrogens is 344 g/mol. The fourth-order valence-corrected chi connectivity index (χ4v) is 2.38. The van der Waals surface area contributed by atoms with Crippen LogP contribution >= 0.6 is 0 Å². The first-order valence-corrected chi connectivity index (χ1v) is 8.21. The van der Waals surface area contributed by atoms with Crippen molar-refractivity contribution >= 4 is 29.0 Å². The molecule has 26 heavy (non-hydrogen) atoms. The lowest BCUT2D eigenvalue weighted by molar-refractivity contribution is 0.0952. The molecular formula is C16H19F2N7O. The van der Waals surface area contributed by atoms with Crippen LogP contribution < -0.4 is 21.7 Å². The van der Waals surface area contributed by atoms with Gasteiger partial charge in [0.15, 0.2) is 5.82 Å². The van der Waals surface area contributed by atoms with Crippen molar-refractivity contribution in [1.82, 2.24) is 20.3 Å². The zero-order valence-electron chi connectivity index (χ0n) is 14.1. The van der Waals surface area contributed by atoms with Gasteiger partial charge in [0, 0.05) is 24.8 Å². The number of nitrogens with one attached hydrogen (secondary N) is 3. The van der Waals surface area contributed by atoms with Gasteiger partial charge in [0.2, 0.25) is 0 Å². The molecule has 2 aromatic rings. The minimum absolute atomic E-state index is 0.0365. The van der Waals surface area contributed by atoms with Gasteiger partial charge in [-0.1, -0.05) is 0 Å². The van der Waals surface area contributed by atoms with Crippen molar-refractivity contribution in [2.45, 2.75) is 32.2 Å². The molecule has 0 radical (unpaired) electrons. The van der Waals surface area contributed by atoms with Crippen molar-refractivity contribution in [3.05, 3.63) is 29.7 Å². The van der Waals surface area contributed by atoms with Crippen LogP contribution in [0.25, 0.3) is 0 Å². The number of anilines is 4. The smallest absolute Gasteiger partial charge is 0.297 e. The number of alkyl halides is 2. The van der Waals surface area contributed by atoms with E-state index in [1.54, 1.807) is 6.07 Å². The van der Waals surface area contributed by atoms with Crippen LogP contribution in [0.3, 0.4) is 0 Å². The van der Waals surface area contributed by atoms with Gasteiger partial charge >= 0.3 is 0 Å². The van der Waals surface area contributed by atoms with Crippen LogP contribution in [-0.2, 0) is 0 Å². The average Bonchev–Trinajstić information content (AvgIpc) is 3.38. The van der Waals surface area contributed by atoms with Crippen LogP contribution in [0.1, 0.15) is 42.4 Å². The van der Waals surface area contributed by atoms with E-state index in [0.29, 0.717) is 12.2 Å². The number of nitrogens with zero attached hydrogens (tertiary/aromatic N) is 3. The third-order valence-electron chi connectivity index (χ3n) is 3.66. The van der Waals surface area contributed by atoms with Crippen molar-refractivity contribution in [1.29, 1.82) is 0 Å². The van der Waals surface area contributed by atoms with Gasteiger partial charge in [0.1, 0.15) is 23.0 Å². The maximum absolute atomic E-state index is 12.9. The van der Waals surface area contributed by atoms with Gasteiger partial charge in [-0.3, -0.25) is 4.79 Å². The van der Waals surface area contributed by atoms with Crippen LogP contribution in [0.4, 0.5) is 31.9 Å². The fraction of sp³-hybridized carbons (Fsp3) is 0.375. The van der Waals surface area contributed by atoms with E-state index in [-0.39, 0.29) is 35.0 Å². The number of carbonyl (C=O) groups excluding carboxylic acids is 1. The average molecular weight is 363 g/mol. The molecule has 1 aliphatic carbocycles. The predicted octanol–water partition coefficient (Wildman–Crippen LogP) is 2.46. The topological polar surface area (TPSA) is 118 Å². The third kappa shape index (κ3) is 4.13. The van der Waals surface area contributed by atoms with Gasteiger partial charge in [-0.2, -0.15) is 0 Å². The van der Waals surface area contributed by atoms with Crippen LogP contribution in [0, 0.1) is 0 Å². The second-order valence-electron chi connectivity index (χ2n) is 5.82. The molecule has 3 rings (SSSR count). The minimum Gasteiger partial charge on any atom is -0.385 e. The number of hydrogen-bond donors (Lipinski definition) is 4. The SMILES string of the molecule is CCNc1ccnc(Nc2cc(N)nc(C(F)F)n2)c1C(=O)NC1CC1. The summed E-state index contributed by atoms with van der Waals surface area (Å²) in [5, 5.41) is 8.80. The molecule has 5 N–H and O–H groups in total. The van der Waals surface area contributed by atoms with Crippen molar-refractivity contribution in [2.75, 3.05) is 22.9 Å². The molecule has 1 fully saturated rings. The molecule has 0 unspecified atom stereocenters. The Kier molecular flexibility index (Phi) is 5.10. The summed E-state index contributed by atoms with van der Waals surface area (Å²) in [6.07, 6.45) is 0.516. The minimum atomic E-state index is -2.86. The van der Waals surface area contributed by atoms with E-state index >= 15 is 0 Å². The first kappa shape index (κ1) is 17.8. The lowest BCUT2D eigenvalue weighted by Crippen LogP contribution is -2.27. The summed E-state index contributed by atoms with van der Waals surface area (Å²) in [7, 11) is 0. The van der Waals surface area contributed by atoms with E-state index in [0.717, 1.165) is 12.8 Å². The van der Waals surface area contributed by atoms with Gasteiger partial charge in [-0.05, 0) is 25.8 Å². The number of amides is 1. The molecule has 2 aromatic heterocycles. The van der Waals surface area contributed by atoms with Crippen molar-refractivity contribution in [3.8, 4) is 0 Å². The Morgan fingerprint density at radius 1 is 1.38 bits per heavy atom. The number of nitrogen functional groups attached to an aromatic ring is 1. The summed E-state index contributed by atoms with van der Waals surface area (Å²) in [6, 6.07) is 3.14. The standard InChI is InChI=1S/C16H19F2N7O/c1-2-20-9-5-6-21-14(12(9)16(26)22-8-3-4-8)24-11-7-10(19)23-15(25-11)13(17)18/h5-8,13H,2-4H2,1H3,(H,22,26)(H4,19,20,21,23,24,25). The van der Waals surface area contributed by atoms with Crippen molar-refractivity contribution < 1.29 is 13.6 Å². The third-order valence-corrected chi connectivity index (χ3v) is 3.66. The normalized spacial score (nSPS) is 13.5. The summed E-state index contributed by atoms with van der Waals surface area (Å²) in [5.41, 5.74) is 6.44. The summed E-state index contributed by atoms with van der Waals surface area (Å²) in [5.74, 6) is -0.867. The van der Waals surface area contributed by atoms with E-state index in [1.807, 2.05) is 6.92 Å². The number of rotatable bonds is 7. The quantitative estimate of drug-likeness (QED) is 0.597. The maximum Gasteiger partial charge on any atom is 0.297 e. The number of hydrogen-bond acceptors (Lipinski definition) is 7. The highest BCUT2D eigenvalue weighted by Crippen LogP contribution is 2.28. The molecule has 10 heteroatoms. The Hall–Kier alpha value is -3.04. The lowest BCUT2D eigenvalue weighted by atomic mass is 10.2. The summed E-state index contributed by atoms with van der Waals surface area (Å²) in [4.78, 5) is 24.0. The highest BCUT2D eigenvalue weighted by Gasteiger charge is 2.27. The van der Waals surface area contributed by atoms with Crippen LogP contribution in [0.5, 0.6) is 0 Å². The predicted molar refractivity (Wildman–Crippen MR) is 93.6 cm³/mol. The Morgan fingerprint density at radius 2 is 2.15 bits per heavy atom. The van der Waals surface area contributed by atoms with Gasteiger partial charge in [-0.15, -0.1) is 0 Å². The number of aromatic nitrogens is 3. The molecule has 8 nitrogen and oxygen atoms in total. The summed E-state index contributed by atoms with van der Waals surface area (Å²) >= 11 is 0. The first-order chi connectivity index (χ1) is 12.5. The van der Waals surface area contributed by atoms with Crippen LogP contribution in [0.15, 0.2) is 18.3 Å². The molecule has 0 bridgehead atoms. The van der Waals surface area contributed by atoms with Gasteiger partial charge in [0.05, 0.1) is 5.69 Å². The molecule has 0 spiro atoms. The molecule has 1 amide bonds. The zero-order valence-corrected chi connectivity index (χ0v) is 14.1. The highest BCUT2D eigenvalue weighted by molar-refractivity contribution is 6.04. The summed E-state index contributed by atoms with van der Waals surface area (Å²) < 4.78 is 25.8. The van der Waals surface area contributed by atoms with Gasteiger partial charge in [0.25, 0.3) is 12.3 Å². The molecule has 1 saturated carbocycles. The number of pyridine rings is 1. The second kappa shape index (κ2) is 7.46. The maximum atomic E-state index is 12.9. The molecule has 1 aliphatic rings. The number of carbonyl (C=O) groups is 1. The summed E-state index contributed by atoms with van der Waals surface area (Å²) in [6.45, 7) is 2.50. The Morgan fingerprint density at radius 3 is 2.81 bits per heavy atom. The lowest BCUT2D eigenvalue weighted by Gasteiger charge is -2.15. The van der Waals surface area contributed by atoms with Crippen LogP contribution in [0.2, 0.25) is 0 Å². The Bertz CT molecular complexity index is 811. The van der Waals surface area contributed by atoms with E-state index in [1.165, 1.54) is 12.3 Å². The molecule has 0 aromatic carbocycles. The van der Waals surface area contributed by atoms with Crippen molar-refractivity contribution in [3.63, 3.8) is 0 Å². The number of halogens is 2. The van der Waals surface area contributed by atoms with Crippen molar-refractivity contribution in [2.24, 2.45) is 0 Å². The molecule has 138 valence electrons. The van der Waals surface area contributed by atoms with Crippen LogP contribution in [-0.4, -0.2) is 33.4 Å². The largest absolute Gasteiger partial charge is 0.385 e. The monoisotopic (exact) mass is 363 g/mol. The number of nitrogens with two attached hydrogens (primary N) is 1. The molecule has 0 atom stereocenters. The molecule has 0 saturated heterocycles. The highest BCUT2D eigenvalue weighted by atomic mass is 19.3. The molecule has 0 aliphatic heterocycles. The van der Waals surface area contributed by atoms with Gasteiger partial charge in [-0.25, -0.2) is 23.7 Å².